The Labute approximate surface area is 197 Å². The highest BCUT2D eigenvalue weighted by atomic mass is 16.2. The van der Waals surface area contributed by atoms with E-state index in [1.54, 1.807) is 11.9 Å². The Morgan fingerprint density at radius 3 is 2.45 bits per heavy atom. The van der Waals surface area contributed by atoms with Gasteiger partial charge in [-0.2, -0.15) is 0 Å². The summed E-state index contributed by atoms with van der Waals surface area (Å²) < 4.78 is 0. The first-order chi connectivity index (χ1) is 15.9. The summed E-state index contributed by atoms with van der Waals surface area (Å²) in [5.41, 5.74) is 3.44. The van der Waals surface area contributed by atoms with Crippen molar-refractivity contribution in [2.75, 3.05) is 37.0 Å². The zero-order valence-electron chi connectivity index (χ0n) is 20.1. The van der Waals surface area contributed by atoms with Crippen molar-refractivity contribution >= 4 is 29.6 Å². The lowest BCUT2D eigenvalue weighted by Gasteiger charge is -2.43. The molecule has 2 N–H and O–H groups in total. The number of hydrogen-bond donors (Lipinski definition) is 2. The molecular formula is C26H38N4O3. The molecule has 1 saturated carbocycles. The van der Waals surface area contributed by atoms with Crippen LogP contribution in [0.2, 0.25) is 0 Å². The fourth-order valence-electron chi connectivity index (χ4n) is 6.14. The highest BCUT2D eigenvalue weighted by Crippen LogP contribution is 2.46. The molecule has 2 aliphatic heterocycles. The van der Waals surface area contributed by atoms with Gasteiger partial charge in [-0.15, -0.1) is 0 Å². The van der Waals surface area contributed by atoms with Crippen molar-refractivity contribution < 1.29 is 14.4 Å². The number of rotatable bonds is 7. The number of nitrogens with one attached hydrogen (secondary N) is 2. The Morgan fingerprint density at radius 2 is 1.79 bits per heavy atom. The van der Waals surface area contributed by atoms with Crippen molar-refractivity contribution in [3.63, 3.8) is 0 Å². The molecule has 1 aromatic rings. The minimum atomic E-state index is -0.420. The third-order valence-corrected chi connectivity index (χ3v) is 8.32. The second-order valence-corrected chi connectivity index (χ2v) is 10.3. The van der Waals surface area contributed by atoms with Crippen LogP contribution < -0.4 is 20.4 Å². The Morgan fingerprint density at radius 1 is 1.06 bits per heavy atom. The van der Waals surface area contributed by atoms with Gasteiger partial charge in [0, 0.05) is 20.5 Å². The number of piperidine rings is 2. The molecule has 1 atom stereocenters. The molecule has 4 rings (SSSR count). The molecule has 3 fully saturated rings. The summed E-state index contributed by atoms with van der Waals surface area (Å²) >= 11 is 0. The predicted octanol–water partition coefficient (Wildman–Crippen LogP) is 3.01. The third kappa shape index (κ3) is 5.24. The molecule has 0 radical (unpaired) electrons. The Bertz CT molecular complexity index is 870. The van der Waals surface area contributed by atoms with Gasteiger partial charge in [-0.3, -0.25) is 19.7 Å². The van der Waals surface area contributed by atoms with Gasteiger partial charge in [0.2, 0.25) is 18.2 Å². The molecule has 1 spiro atoms. The van der Waals surface area contributed by atoms with Crippen LogP contribution in [0.4, 0.5) is 11.4 Å². The highest BCUT2D eigenvalue weighted by molar-refractivity contribution is 6.02. The molecule has 7 nitrogen and oxygen atoms in total. The van der Waals surface area contributed by atoms with Crippen LogP contribution in [-0.4, -0.2) is 51.5 Å². The molecule has 7 heteroatoms. The quantitative estimate of drug-likeness (QED) is 0.489. The van der Waals surface area contributed by atoms with Crippen LogP contribution in [0.5, 0.6) is 0 Å². The van der Waals surface area contributed by atoms with Crippen molar-refractivity contribution in [1.82, 2.24) is 10.6 Å². The number of carbonyl (C=O) groups is 3. The van der Waals surface area contributed by atoms with E-state index in [4.69, 9.17) is 0 Å². The van der Waals surface area contributed by atoms with E-state index in [1.165, 1.54) is 51.6 Å². The van der Waals surface area contributed by atoms with Gasteiger partial charge >= 0.3 is 0 Å². The first kappa shape index (κ1) is 23.7. The van der Waals surface area contributed by atoms with E-state index in [1.807, 2.05) is 24.1 Å². The van der Waals surface area contributed by atoms with Crippen molar-refractivity contribution in [3.8, 4) is 0 Å². The lowest BCUT2D eigenvalue weighted by Crippen LogP contribution is -2.51. The molecule has 1 aromatic carbocycles. The fourth-order valence-corrected chi connectivity index (χ4v) is 6.14. The number of hydrogen-bond acceptors (Lipinski definition) is 5. The van der Waals surface area contributed by atoms with Crippen LogP contribution in [0.25, 0.3) is 0 Å². The maximum Gasteiger partial charge on any atom is 0.249 e. The smallest absolute Gasteiger partial charge is 0.249 e. The van der Waals surface area contributed by atoms with Crippen LogP contribution in [0, 0.1) is 11.3 Å². The standard InChI is InChI=1S/C26H38N4O3/c1-29(18-31)24-20(7-6-19-10-12-26(13-11-19)14-16-27-17-15-26)4-3-5-21(24)30(2)22-8-9-23(32)28-25(22)33/h3-5,18-19,22,27H,6-17H2,1-2H3,(H,28,32,33). The number of likely N-dealkylation sites (N-methyl/N-ethyl adjacent to an activating group) is 1. The van der Waals surface area contributed by atoms with E-state index in [0.29, 0.717) is 18.3 Å². The summed E-state index contributed by atoms with van der Waals surface area (Å²) in [6.45, 7) is 2.33. The van der Waals surface area contributed by atoms with Gasteiger partial charge in [-0.25, -0.2) is 0 Å². The summed E-state index contributed by atoms with van der Waals surface area (Å²) in [6.07, 6.45) is 11.6. The number of aryl methyl sites for hydroxylation is 1. The van der Waals surface area contributed by atoms with E-state index in [9.17, 15) is 14.4 Å². The zero-order valence-corrected chi connectivity index (χ0v) is 20.1. The third-order valence-electron chi connectivity index (χ3n) is 8.32. The molecular weight excluding hydrogens is 416 g/mol. The van der Waals surface area contributed by atoms with E-state index in [0.717, 1.165) is 42.1 Å². The van der Waals surface area contributed by atoms with E-state index in [2.05, 4.69) is 16.7 Å². The Kier molecular flexibility index (Phi) is 7.37. The molecule has 0 bridgehead atoms. The minimum Gasteiger partial charge on any atom is -0.361 e. The van der Waals surface area contributed by atoms with Gasteiger partial charge in [0.15, 0.2) is 0 Å². The van der Waals surface area contributed by atoms with Crippen LogP contribution in [0.15, 0.2) is 18.2 Å². The largest absolute Gasteiger partial charge is 0.361 e. The predicted molar refractivity (Wildman–Crippen MR) is 130 cm³/mol. The number of carbonyl (C=O) groups excluding carboxylic acids is 3. The molecule has 3 amide bonds. The number of nitrogens with zero attached hydrogens (tertiary/aromatic N) is 2. The number of amides is 3. The Hall–Kier alpha value is -2.41. The van der Waals surface area contributed by atoms with Crippen molar-refractivity contribution in [3.05, 3.63) is 23.8 Å². The summed E-state index contributed by atoms with van der Waals surface area (Å²) in [5.74, 6) is 0.242. The van der Waals surface area contributed by atoms with Crippen LogP contribution in [-0.2, 0) is 20.8 Å². The number of imide groups is 1. The maximum absolute atomic E-state index is 12.5. The average molecular weight is 455 g/mol. The fraction of sp³-hybridized carbons (Fsp3) is 0.654. The average Bonchev–Trinajstić information content (AvgIpc) is 2.83. The van der Waals surface area contributed by atoms with E-state index >= 15 is 0 Å². The second-order valence-electron chi connectivity index (χ2n) is 10.3. The summed E-state index contributed by atoms with van der Waals surface area (Å²) in [4.78, 5) is 39.3. The SMILES string of the molecule is CN(C=O)c1c(CCC2CCC3(CCNCC3)CC2)cccc1N(C)C1CCC(=O)NC1=O. The summed E-state index contributed by atoms with van der Waals surface area (Å²) in [7, 11) is 3.65. The van der Waals surface area contributed by atoms with Crippen LogP contribution in [0.1, 0.15) is 63.4 Å². The van der Waals surface area contributed by atoms with Crippen molar-refractivity contribution in [1.29, 1.82) is 0 Å². The molecule has 1 unspecified atom stereocenters. The van der Waals surface area contributed by atoms with Crippen molar-refractivity contribution in [2.45, 2.75) is 70.3 Å². The molecule has 1 aliphatic carbocycles. The van der Waals surface area contributed by atoms with E-state index in [-0.39, 0.29) is 11.8 Å². The number of anilines is 2. The first-order valence-electron chi connectivity index (χ1n) is 12.5. The molecule has 3 aliphatic rings. The van der Waals surface area contributed by atoms with E-state index < -0.39 is 6.04 Å². The minimum absolute atomic E-state index is 0.220. The molecule has 2 heterocycles. The normalized spacial score (nSPS) is 23.3. The molecule has 180 valence electrons. The lowest BCUT2D eigenvalue weighted by molar-refractivity contribution is -0.134. The highest BCUT2D eigenvalue weighted by Gasteiger charge is 2.36. The summed E-state index contributed by atoms with van der Waals surface area (Å²) in [5, 5.41) is 5.94. The van der Waals surface area contributed by atoms with Crippen molar-refractivity contribution in [2.24, 2.45) is 11.3 Å². The molecule has 33 heavy (non-hydrogen) atoms. The van der Waals surface area contributed by atoms with Gasteiger partial charge in [0.05, 0.1) is 11.4 Å². The Balaban J connectivity index is 1.46. The molecule has 0 aromatic heterocycles. The van der Waals surface area contributed by atoms with Crippen LogP contribution in [0.3, 0.4) is 0 Å². The first-order valence-corrected chi connectivity index (χ1v) is 12.5. The second kappa shape index (κ2) is 10.2. The zero-order chi connectivity index (χ0) is 23.4. The van der Waals surface area contributed by atoms with Gasteiger partial charge in [0.25, 0.3) is 0 Å². The van der Waals surface area contributed by atoms with Gasteiger partial charge < -0.3 is 15.1 Å². The number of para-hydroxylation sites is 1. The van der Waals surface area contributed by atoms with Crippen LogP contribution >= 0.6 is 0 Å². The number of benzene rings is 1. The maximum atomic E-state index is 12.5. The topological polar surface area (TPSA) is 81.8 Å². The molecule has 2 saturated heterocycles. The monoisotopic (exact) mass is 454 g/mol. The lowest BCUT2D eigenvalue weighted by atomic mass is 9.65. The van der Waals surface area contributed by atoms with Gasteiger partial charge in [-0.05, 0) is 93.8 Å². The van der Waals surface area contributed by atoms with Gasteiger partial charge in [0.1, 0.15) is 6.04 Å². The summed E-state index contributed by atoms with van der Waals surface area (Å²) in [6, 6.07) is 5.66. The van der Waals surface area contributed by atoms with Gasteiger partial charge in [-0.1, -0.05) is 12.1 Å².